The van der Waals surface area contributed by atoms with Gasteiger partial charge in [0.25, 0.3) is 5.91 Å². The third-order valence-electron chi connectivity index (χ3n) is 3.86. The van der Waals surface area contributed by atoms with E-state index >= 15 is 0 Å². The Morgan fingerprint density at radius 3 is 2.57 bits per heavy atom. The summed E-state index contributed by atoms with van der Waals surface area (Å²) < 4.78 is 15.9. The standard InChI is InChI=1S/C16H21NO6/c1-21-12-7-11(8-16(19)20)17(9-12)15(18)10-23-14-6-4-3-5-13(14)22-2/h3-6,11-12H,7-10H2,1-2H3,(H,19,20). The number of methoxy groups -OCH3 is 2. The highest BCUT2D eigenvalue weighted by Crippen LogP contribution is 2.27. The van der Waals surface area contributed by atoms with Crippen LogP contribution in [0, 0.1) is 0 Å². The van der Waals surface area contributed by atoms with Gasteiger partial charge in [-0.05, 0) is 18.6 Å². The van der Waals surface area contributed by atoms with Crippen molar-refractivity contribution in [3.05, 3.63) is 24.3 Å². The topological polar surface area (TPSA) is 85.3 Å². The van der Waals surface area contributed by atoms with E-state index in [1.165, 1.54) is 12.0 Å². The van der Waals surface area contributed by atoms with Crippen LogP contribution in [0.2, 0.25) is 0 Å². The molecule has 1 aliphatic heterocycles. The second-order valence-corrected chi connectivity index (χ2v) is 5.33. The zero-order valence-electron chi connectivity index (χ0n) is 13.2. The molecular weight excluding hydrogens is 302 g/mol. The number of carboxylic acid groups (broad SMARTS) is 1. The van der Waals surface area contributed by atoms with Gasteiger partial charge in [0.1, 0.15) is 0 Å². The first-order valence-corrected chi connectivity index (χ1v) is 7.35. The van der Waals surface area contributed by atoms with Gasteiger partial charge in [0, 0.05) is 19.7 Å². The molecule has 1 saturated heterocycles. The van der Waals surface area contributed by atoms with Gasteiger partial charge in [-0.2, -0.15) is 0 Å². The maximum absolute atomic E-state index is 12.4. The summed E-state index contributed by atoms with van der Waals surface area (Å²) in [6.45, 7) is 0.204. The molecule has 23 heavy (non-hydrogen) atoms. The molecule has 0 spiro atoms. The molecule has 7 nitrogen and oxygen atoms in total. The Balaban J connectivity index is 1.99. The third-order valence-corrected chi connectivity index (χ3v) is 3.86. The van der Waals surface area contributed by atoms with Crippen molar-refractivity contribution in [2.24, 2.45) is 0 Å². The van der Waals surface area contributed by atoms with Crippen molar-refractivity contribution < 1.29 is 28.9 Å². The number of ether oxygens (including phenoxy) is 3. The molecule has 0 aromatic heterocycles. The quantitative estimate of drug-likeness (QED) is 0.810. The van der Waals surface area contributed by atoms with Crippen molar-refractivity contribution in [3.63, 3.8) is 0 Å². The molecule has 2 rings (SSSR count). The molecule has 1 N–H and O–H groups in total. The molecule has 1 fully saturated rings. The van der Waals surface area contributed by atoms with Crippen molar-refractivity contribution in [3.8, 4) is 11.5 Å². The lowest BCUT2D eigenvalue weighted by Gasteiger charge is -2.23. The first-order chi connectivity index (χ1) is 11.0. The zero-order valence-corrected chi connectivity index (χ0v) is 13.2. The molecule has 2 unspecified atom stereocenters. The molecule has 126 valence electrons. The number of likely N-dealkylation sites (tertiary alicyclic amines) is 1. The van der Waals surface area contributed by atoms with E-state index in [0.29, 0.717) is 24.5 Å². The van der Waals surface area contributed by atoms with E-state index in [-0.39, 0.29) is 31.1 Å². The predicted octanol–water partition coefficient (Wildman–Crippen LogP) is 1.16. The number of para-hydroxylation sites is 2. The van der Waals surface area contributed by atoms with E-state index in [4.69, 9.17) is 19.3 Å². The van der Waals surface area contributed by atoms with Crippen molar-refractivity contribution >= 4 is 11.9 Å². The number of aliphatic carboxylic acids is 1. The van der Waals surface area contributed by atoms with Crippen LogP contribution in [0.15, 0.2) is 24.3 Å². The van der Waals surface area contributed by atoms with Gasteiger partial charge in [0.2, 0.25) is 0 Å². The van der Waals surface area contributed by atoms with Crippen LogP contribution < -0.4 is 9.47 Å². The number of hydrogen-bond acceptors (Lipinski definition) is 5. The summed E-state index contributed by atoms with van der Waals surface area (Å²) in [6, 6.07) is 6.67. The third kappa shape index (κ3) is 4.35. The zero-order chi connectivity index (χ0) is 16.8. The number of carboxylic acids is 1. The van der Waals surface area contributed by atoms with E-state index < -0.39 is 5.97 Å². The van der Waals surface area contributed by atoms with Crippen LogP contribution in [0.5, 0.6) is 11.5 Å². The first kappa shape index (κ1) is 17.1. The van der Waals surface area contributed by atoms with Crippen LogP contribution in [0.4, 0.5) is 0 Å². The number of benzene rings is 1. The summed E-state index contributed by atoms with van der Waals surface area (Å²) >= 11 is 0. The predicted molar refractivity (Wildman–Crippen MR) is 81.7 cm³/mol. The minimum Gasteiger partial charge on any atom is -0.493 e. The summed E-state index contributed by atoms with van der Waals surface area (Å²) in [5.41, 5.74) is 0. The van der Waals surface area contributed by atoms with Gasteiger partial charge in [0.15, 0.2) is 18.1 Å². The van der Waals surface area contributed by atoms with Crippen LogP contribution in [0.25, 0.3) is 0 Å². The van der Waals surface area contributed by atoms with E-state index in [1.807, 2.05) is 0 Å². The molecule has 0 aliphatic carbocycles. The average Bonchev–Trinajstić information content (AvgIpc) is 2.95. The minimum atomic E-state index is -0.935. The Labute approximate surface area is 134 Å². The van der Waals surface area contributed by atoms with Gasteiger partial charge >= 0.3 is 5.97 Å². The largest absolute Gasteiger partial charge is 0.493 e. The fourth-order valence-electron chi connectivity index (χ4n) is 2.71. The highest BCUT2D eigenvalue weighted by molar-refractivity contribution is 5.79. The number of rotatable bonds is 7. The number of carbonyl (C=O) groups excluding carboxylic acids is 1. The summed E-state index contributed by atoms with van der Waals surface area (Å²) in [5, 5.41) is 8.98. The number of amides is 1. The van der Waals surface area contributed by atoms with Gasteiger partial charge in [-0.1, -0.05) is 12.1 Å². The molecule has 0 saturated carbocycles. The summed E-state index contributed by atoms with van der Waals surface area (Å²) in [4.78, 5) is 24.9. The normalized spacial score (nSPS) is 20.3. The molecule has 0 radical (unpaired) electrons. The maximum Gasteiger partial charge on any atom is 0.305 e. The highest BCUT2D eigenvalue weighted by atomic mass is 16.5. The lowest BCUT2D eigenvalue weighted by atomic mass is 10.1. The first-order valence-electron chi connectivity index (χ1n) is 7.35. The summed E-state index contributed by atoms with van der Waals surface area (Å²) in [6.07, 6.45) is 0.276. The number of carbonyl (C=O) groups is 2. The molecule has 2 atom stereocenters. The second kappa shape index (κ2) is 7.82. The summed E-state index contributed by atoms with van der Waals surface area (Å²) in [5.74, 6) is -0.184. The van der Waals surface area contributed by atoms with Crippen molar-refractivity contribution in [1.82, 2.24) is 4.90 Å². The van der Waals surface area contributed by atoms with Crippen LogP contribution in [-0.2, 0) is 14.3 Å². The molecular formula is C16H21NO6. The highest BCUT2D eigenvalue weighted by Gasteiger charge is 2.36. The number of nitrogens with zero attached hydrogens (tertiary/aromatic N) is 1. The van der Waals surface area contributed by atoms with Crippen molar-refractivity contribution in [1.29, 1.82) is 0 Å². The van der Waals surface area contributed by atoms with Crippen molar-refractivity contribution in [2.45, 2.75) is 25.0 Å². The Kier molecular flexibility index (Phi) is 5.81. The molecule has 1 aliphatic rings. The Morgan fingerprint density at radius 2 is 1.96 bits per heavy atom. The Morgan fingerprint density at radius 1 is 1.26 bits per heavy atom. The Bertz CT molecular complexity index is 561. The van der Waals surface area contributed by atoms with Crippen LogP contribution in [-0.4, -0.2) is 61.4 Å². The van der Waals surface area contributed by atoms with Crippen LogP contribution in [0.3, 0.4) is 0 Å². The SMILES string of the molecule is COc1ccccc1OCC(=O)N1CC(OC)CC1CC(=O)O. The summed E-state index contributed by atoms with van der Waals surface area (Å²) in [7, 11) is 3.08. The smallest absolute Gasteiger partial charge is 0.305 e. The fraction of sp³-hybridized carbons (Fsp3) is 0.500. The van der Waals surface area contributed by atoms with Gasteiger partial charge in [0.05, 0.1) is 19.6 Å². The molecule has 0 bridgehead atoms. The van der Waals surface area contributed by atoms with Crippen LogP contribution >= 0.6 is 0 Å². The molecule has 1 heterocycles. The Hall–Kier alpha value is -2.28. The lowest BCUT2D eigenvalue weighted by molar-refractivity contribution is -0.140. The van der Waals surface area contributed by atoms with E-state index in [1.54, 1.807) is 31.4 Å². The van der Waals surface area contributed by atoms with Gasteiger partial charge < -0.3 is 24.2 Å². The van der Waals surface area contributed by atoms with Gasteiger partial charge in [-0.25, -0.2) is 0 Å². The maximum atomic E-state index is 12.4. The monoisotopic (exact) mass is 323 g/mol. The number of hydrogen-bond donors (Lipinski definition) is 1. The van der Waals surface area contributed by atoms with E-state index in [2.05, 4.69) is 0 Å². The van der Waals surface area contributed by atoms with Gasteiger partial charge in [-0.3, -0.25) is 9.59 Å². The average molecular weight is 323 g/mol. The lowest BCUT2D eigenvalue weighted by Crippen LogP contribution is -2.40. The van der Waals surface area contributed by atoms with E-state index in [9.17, 15) is 9.59 Å². The van der Waals surface area contributed by atoms with Crippen molar-refractivity contribution in [2.75, 3.05) is 27.4 Å². The fourth-order valence-corrected chi connectivity index (χ4v) is 2.71. The second-order valence-electron chi connectivity index (χ2n) is 5.33. The van der Waals surface area contributed by atoms with Crippen LogP contribution in [0.1, 0.15) is 12.8 Å². The minimum absolute atomic E-state index is 0.0970. The molecule has 7 heteroatoms. The molecule has 1 aromatic carbocycles. The van der Waals surface area contributed by atoms with E-state index in [0.717, 1.165) is 0 Å². The van der Waals surface area contributed by atoms with Gasteiger partial charge in [-0.15, -0.1) is 0 Å². The molecule has 1 aromatic rings. The molecule has 1 amide bonds.